The van der Waals surface area contributed by atoms with E-state index in [0.29, 0.717) is 5.56 Å². The van der Waals surface area contributed by atoms with E-state index in [1.165, 1.54) is 16.7 Å². The molecule has 0 unspecified atom stereocenters. The zero-order valence-electron chi connectivity index (χ0n) is 9.48. The average Bonchev–Trinajstić information content (AvgIpc) is 2.34. The van der Waals surface area contributed by atoms with Crippen LogP contribution in [0.4, 0.5) is 4.39 Å². The van der Waals surface area contributed by atoms with E-state index in [-0.39, 0.29) is 17.9 Å². The molecule has 88 valence electrons. The van der Waals surface area contributed by atoms with Crippen LogP contribution in [0.1, 0.15) is 5.56 Å². The number of hydrogen-bond donors (Lipinski definition) is 1. The summed E-state index contributed by atoms with van der Waals surface area (Å²) in [4.78, 5) is 11.9. The second-order valence-electron chi connectivity index (χ2n) is 3.82. The maximum atomic E-state index is 12.8. The molecule has 1 aromatic heterocycles. The van der Waals surface area contributed by atoms with E-state index in [1.807, 2.05) is 6.07 Å². The molecule has 0 amide bonds. The van der Waals surface area contributed by atoms with Crippen LogP contribution in [0, 0.1) is 5.82 Å². The van der Waals surface area contributed by atoms with Gasteiger partial charge in [-0.1, -0.05) is 6.07 Å². The van der Waals surface area contributed by atoms with Crippen LogP contribution in [-0.4, -0.2) is 4.57 Å². The molecule has 0 saturated heterocycles. The molecule has 1 heterocycles. The van der Waals surface area contributed by atoms with Gasteiger partial charge >= 0.3 is 0 Å². The van der Waals surface area contributed by atoms with Gasteiger partial charge in [0, 0.05) is 19.2 Å². The lowest BCUT2D eigenvalue weighted by molar-refractivity contribution is 0.628. The molecule has 0 aliphatic rings. The molecule has 0 bridgehead atoms. The summed E-state index contributed by atoms with van der Waals surface area (Å²) in [6.07, 6.45) is 0. The Morgan fingerprint density at radius 2 is 1.82 bits per heavy atom. The van der Waals surface area contributed by atoms with Gasteiger partial charge in [-0.3, -0.25) is 4.79 Å². The number of aromatic nitrogens is 1. The van der Waals surface area contributed by atoms with Crippen LogP contribution in [0.5, 0.6) is 0 Å². The van der Waals surface area contributed by atoms with Crippen LogP contribution in [-0.2, 0) is 13.6 Å². The van der Waals surface area contributed by atoms with Crippen LogP contribution >= 0.6 is 0 Å². The Labute approximate surface area is 98.3 Å². The van der Waals surface area contributed by atoms with E-state index in [4.69, 9.17) is 5.73 Å². The highest BCUT2D eigenvalue weighted by Gasteiger charge is 2.06. The Bertz CT molecular complexity index is 587. The maximum Gasteiger partial charge on any atom is 0.255 e. The number of nitrogens with two attached hydrogens (primary N) is 1. The lowest BCUT2D eigenvalue weighted by atomic mass is 10.1. The number of pyridine rings is 1. The molecule has 0 atom stereocenters. The molecule has 0 aliphatic heterocycles. The summed E-state index contributed by atoms with van der Waals surface area (Å²) in [5.41, 5.74) is 7.46. The van der Waals surface area contributed by atoms with Gasteiger partial charge in [-0.15, -0.1) is 0 Å². The van der Waals surface area contributed by atoms with Crippen molar-refractivity contribution in [1.29, 1.82) is 0 Å². The van der Waals surface area contributed by atoms with Crippen molar-refractivity contribution in [3.63, 3.8) is 0 Å². The van der Waals surface area contributed by atoms with Gasteiger partial charge < -0.3 is 10.3 Å². The topological polar surface area (TPSA) is 48.0 Å². The minimum Gasteiger partial charge on any atom is -0.326 e. The molecule has 0 aliphatic carbocycles. The normalized spacial score (nSPS) is 10.5. The highest BCUT2D eigenvalue weighted by molar-refractivity contribution is 5.59. The van der Waals surface area contributed by atoms with Crippen molar-refractivity contribution in [2.24, 2.45) is 12.8 Å². The highest BCUT2D eigenvalue weighted by Crippen LogP contribution is 2.17. The van der Waals surface area contributed by atoms with E-state index >= 15 is 0 Å². The number of benzene rings is 1. The average molecular weight is 232 g/mol. The fourth-order valence-corrected chi connectivity index (χ4v) is 1.75. The third-order valence-corrected chi connectivity index (χ3v) is 2.74. The van der Waals surface area contributed by atoms with E-state index in [0.717, 1.165) is 11.3 Å². The first-order chi connectivity index (χ1) is 8.13. The molecule has 0 fully saturated rings. The smallest absolute Gasteiger partial charge is 0.255 e. The molecule has 1 aromatic carbocycles. The van der Waals surface area contributed by atoms with Crippen LogP contribution in [0.25, 0.3) is 11.3 Å². The Hall–Kier alpha value is -1.94. The van der Waals surface area contributed by atoms with Gasteiger partial charge in [0.05, 0.1) is 5.69 Å². The molecular weight excluding hydrogens is 219 g/mol. The molecule has 0 saturated carbocycles. The molecule has 2 rings (SSSR count). The molecule has 2 aromatic rings. The van der Waals surface area contributed by atoms with E-state index < -0.39 is 0 Å². The molecule has 0 radical (unpaired) electrons. The molecule has 3 nitrogen and oxygen atoms in total. The van der Waals surface area contributed by atoms with Crippen molar-refractivity contribution in [2.45, 2.75) is 6.54 Å². The minimum atomic E-state index is -0.294. The number of halogens is 1. The molecular formula is C13H13FN2O. The van der Waals surface area contributed by atoms with Crippen molar-refractivity contribution in [3.8, 4) is 11.3 Å². The molecule has 4 heteroatoms. The quantitative estimate of drug-likeness (QED) is 0.855. The fourth-order valence-electron chi connectivity index (χ4n) is 1.75. The SMILES string of the molecule is Cn1c(-c2ccc(F)cc2)ccc(CN)c1=O. The third-order valence-electron chi connectivity index (χ3n) is 2.74. The summed E-state index contributed by atoms with van der Waals surface area (Å²) in [7, 11) is 1.68. The summed E-state index contributed by atoms with van der Waals surface area (Å²) in [5.74, 6) is -0.294. The first kappa shape index (κ1) is 11.5. The zero-order valence-corrected chi connectivity index (χ0v) is 9.48. The lowest BCUT2D eigenvalue weighted by Crippen LogP contribution is -2.23. The van der Waals surface area contributed by atoms with Crippen LogP contribution in [0.3, 0.4) is 0 Å². The summed E-state index contributed by atoms with van der Waals surface area (Å²) >= 11 is 0. The second kappa shape index (κ2) is 4.51. The van der Waals surface area contributed by atoms with Gasteiger partial charge in [-0.25, -0.2) is 4.39 Å². The first-order valence-electron chi connectivity index (χ1n) is 5.28. The predicted molar refractivity (Wildman–Crippen MR) is 65.0 cm³/mol. The monoisotopic (exact) mass is 232 g/mol. The van der Waals surface area contributed by atoms with E-state index in [2.05, 4.69) is 0 Å². The van der Waals surface area contributed by atoms with Crippen molar-refractivity contribution < 1.29 is 4.39 Å². The lowest BCUT2D eigenvalue weighted by Gasteiger charge is -2.09. The van der Waals surface area contributed by atoms with Gasteiger partial charge in [-0.05, 0) is 35.9 Å². The number of rotatable bonds is 2. The van der Waals surface area contributed by atoms with Crippen LogP contribution in [0.15, 0.2) is 41.2 Å². The summed E-state index contributed by atoms with van der Waals surface area (Å²) in [5, 5.41) is 0. The Kier molecular flexibility index (Phi) is 3.06. The van der Waals surface area contributed by atoms with Gasteiger partial charge in [0.1, 0.15) is 5.82 Å². The zero-order chi connectivity index (χ0) is 12.4. The molecule has 0 spiro atoms. The Morgan fingerprint density at radius 3 is 2.41 bits per heavy atom. The van der Waals surface area contributed by atoms with Crippen molar-refractivity contribution in [2.75, 3.05) is 0 Å². The highest BCUT2D eigenvalue weighted by atomic mass is 19.1. The third kappa shape index (κ3) is 2.12. The Morgan fingerprint density at radius 1 is 1.18 bits per heavy atom. The molecule has 17 heavy (non-hydrogen) atoms. The Balaban J connectivity index is 2.57. The van der Waals surface area contributed by atoms with E-state index in [1.54, 1.807) is 25.2 Å². The van der Waals surface area contributed by atoms with Crippen LogP contribution in [0.2, 0.25) is 0 Å². The van der Waals surface area contributed by atoms with Gasteiger partial charge in [-0.2, -0.15) is 0 Å². The molecule has 2 N–H and O–H groups in total. The van der Waals surface area contributed by atoms with E-state index in [9.17, 15) is 9.18 Å². The van der Waals surface area contributed by atoms with Crippen molar-refractivity contribution >= 4 is 0 Å². The predicted octanol–water partition coefficient (Wildman–Crippen LogP) is 1.65. The van der Waals surface area contributed by atoms with Gasteiger partial charge in [0.25, 0.3) is 5.56 Å². The van der Waals surface area contributed by atoms with Gasteiger partial charge in [0.2, 0.25) is 0 Å². The summed E-state index contributed by atoms with van der Waals surface area (Å²) in [6.45, 7) is 0.219. The number of hydrogen-bond acceptors (Lipinski definition) is 2. The summed E-state index contributed by atoms with van der Waals surface area (Å²) in [6, 6.07) is 9.56. The fraction of sp³-hybridized carbons (Fsp3) is 0.154. The standard InChI is InChI=1S/C13H13FN2O/c1-16-12(7-4-10(8-15)13(16)17)9-2-5-11(14)6-3-9/h2-7H,8,15H2,1H3. The van der Waals surface area contributed by atoms with Crippen LogP contribution < -0.4 is 11.3 Å². The van der Waals surface area contributed by atoms with Crippen molar-refractivity contribution in [3.05, 3.63) is 58.1 Å². The van der Waals surface area contributed by atoms with Gasteiger partial charge in [0.15, 0.2) is 0 Å². The summed E-state index contributed by atoms with van der Waals surface area (Å²) < 4.78 is 14.3. The first-order valence-corrected chi connectivity index (χ1v) is 5.28. The minimum absolute atomic E-state index is 0.116. The number of nitrogens with zero attached hydrogens (tertiary/aromatic N) is 1. The van der Waals surface area contributed by atoms with Crippen molar-refractivity contribution in [1.82, 2.24) is 4.57 Å². The maximum absolute atomic E-state index is 12.8. The largest absolute Gasteiger partial charge is 0.326 e. The second-order valence-corrected chi connectivity index (χ2v) is 3.82.